The van der Waals surface area contributed by atoms with Crippen LogP contribution in [0.2, 0.25) is 0 Å². The highest BCUT2D eigenvalue weighted by Gasteiger charge is 2.15. The number of aromatic carboxylic acids is 1. The fourth-order valence-corrected chi connectivity index (χ4v) is 2.56. The largest absolute Gasteiger partial charge is 0.478 e. The van der Waals surface area contributed by atoms with Gasteiger partial charge in [-0.15, -0.1) is 0 Å². The third kappa shape index (κ3) is 2.29. The Morgan fingerprint density at radius 3 is 2.62 bits per heavy atom. The number of fused-ring (bicyclic) bond motifs is 1. The first-order valence-corrected chi connectivity index (χ1v) is 6.88. The van der Waals surface area contributed by atoms with Gasteiger partial charge in [-0.3, -0.25) is 0 Å². The Hall–Kier alpha value is -2.62. The Morgan fingerprint density at radius 2 is 1.90 bits per heavy atom. The minimum Gasteiger partial charge on any atom is -0.478 e. The van der Waals surface area contributed by atoms with E-state index in [0.717, 1.165) is 22.4 Å². The molecule has 1 heterocycles. The van der Waals surface area contributed by atoms with Crippen LogP contribution in [0, 0.1) is 0 Å². The number of imidazole rings is 1. The first-order chi connectivity index (χ1) is 10.1. The fraction of sp³-hybridized carbons (Fsp3) is 0.176. The zero-order chi connectivity index (χ0) is 15.0. The van der Waals surface area contributed by atoms with Crippen LogP contribution in [0.5, 0.6) is 0 Å². The monoisotopic (exact) mass is 280 g/mol. The first kappa shape index (κ1) is 13.4. The average Bonchev–Trinajstić information content (AvgIpc) is 2.87. The van der Waals surface area contributed by atoms with E-state index in [9.17, 15) is 4.79 Å². The average molecular weight is 280 g/mol. The van der Waals surface area contributed by atoms with Crippen molar-refractivity contribution in [2.75, 3.05) is 0 Å². The molecule has 21 heavy (non-hydrogen) atoms. The van der Waals surface area contributed by atoms with E-state index >= 15 is 0 Å². The Morgan fingerprint density at radius 1 is 1.14 bits per heavy atom. The second kappa shape index (κ2) is 5.05. The molecule has 0 aliphatic carbocycles. The van der Waals surface area contributed by atoms with Crippen molar-refractivity contribution in [3.05, 3.63) is 54.1 Å². The van der Waals surface area contributed by atoms with Crippen LogP contribution in [-0.4, -0.2) is 20.6 Å². The number of benzene rings is 2. The van der Waals surface area contributed by atoms with Crippen LogP contribution in [-0.2, 0) is 0 Å². The molecule has 0 fully saturated rings. The van der Waals surface area contributed by atoms with Crippen LogP contribution < -0.4 is 0 Å². The van der Waals surface area contributed by atoms with E-state index in [-0.39, 0.29) is 11.6 Å². The highest BCUT2D eigenvalue weighted by Crippen LogP contribution is 2.28. The molecule has 4 nitrogen and oxygen atoms in total. The van der Waals surface area contributed by atoms with Gasteiger partial charge in [0.1, 0.15) is 5.82 Å². The molecule has 0 bridgehead atoms. The van der Waals surface area contributed by atoms with Gasteiger partial charge in [0.25, 0.3) is 0 Å². The third-order valence-electron chi connectivity index (χ3n) is 3.48. The molecule has 0 aliphatic heterocycles. The van der Waals surface area contributed by atoms with Crippen LogP contribution in [0.4, 0.5) is 0 Å². The van der Waals surface area contributed by atoms with E-state index in [1.165, 1.54) is 0 Å². The molecule has 106 valence electrons. The summed E-state index contributed by atoms with van der Waals surface area (Å²) in [6, 6.07) is 15.1. The lowest BCUT2D eigenvalue weighted by Crippen LogP contribution is -2.04. The van der Waals surface area contributed by atoms with E-state index in [1.807, 2.05) is 30.3 Å². The standard InChI is InChI=1S/C17H16N2O2/c1-11(2)19-15-9-4-3-8-14(15)18-16(19)12-6-5-7-13(10-12)17(20)21/h3-11H,1-2H3,(H,20,21). The smallest absolute Gasteiger partial charge is 0.335 e. The number of nitrogens with zero attached hydrogens (tertiary/aromatic N) is 2. The van der Waals surface area contributed by atoms with E-state index in [1.54, 1.807) is 18.2 Å². The Bertz CT molecular complexity index is 819. The number of aromatic nitrogens is 2. The number of carboxylic acid groups (broad SMARTS) is 1. The van der Waals surface area contributed by atoms with Crippen LogP contribution in [0.3, 0.4) is 0 Å². The minimum atomic E-state index is -0.927. The Balaban J connectivity index is 2.27. The lowest BCUT2D eigenvalue weighted by Gasteiger charge is -2.13. The molecule has 3 rings (SSSR count). The second-order valence-corrected chi connectivity index (χ2v) is 5.27. The molecule has 0 amide bonds. The van der Waals surface area contributed by atoms with E-state index in [4.69, 9.17) is 5.11 Å². The topological polar surface area (TPSA) is 55.1 Å². The molecule has 1 aromatic heterocycles. The van der Waals surface area contributed by atoms with Gasteiger partial charge in [0.15, 0.2) is 0 Å². The van der Waals surface area contributed by atoms with Crippen LogP contribution in [0.15, 0.2) is 48.5 Å². The molecular formula is C17H16N2O2. The summed E-state index contributed by atoms with van der Waals surface area (Å²) in [4.78, 5) is 15.8. The molecule has 1 N–H and O–H groups in total. The number of hydrogen-bond donors (Lipinski definition) is 1. The van der Waals surface area contributed by atoms with Crippen molar-refractivity contribution in [1.82, 2.24) is 9.55 Å². The molecule has 0 aliphatic rings. The van der Waals surface area contributed by atoms with Crippen LogP contribution >= 0.6 is 0 Å². The predicted octanol–water partition coefficient (Wildman–Crippen LogP) is 3.98. The van der Waals surface area contributed by atoms with Gasteiger partial charge < -0.3 is 9.67 Å². The molecule has 3 aromatic rings. The Labute approximate surface area is 122 Å². The van der Waals surface area contributed by atoms with Crippen LogP contribution in [0.25, 0.3) is 22.4 Å². The van der Waals surface area contributed by atoms with Gasteiger partial charge in [-0.05, 0) is 38.1 Å². The molecule has 0 spiro atoms. The Kier molecular flexibility index (Phi) is 3.22. The normalized spacial score (nSPS) is 11.2. The molecule has 0 radical (unpaired) electrons. The van der Waals surface area contributed by atoms with Crippen molar-refractivity contribution in [3.8, 4) is 11.4 Å². The number of hydrogen-bond acceptors (Lipinski definition) is 2. The lowest BCUT2D eigenvalue weighted by atomic mass is 10.1. The van der Waals surface area contributed by atoms with Gasteiger partial charge in [0.2, 0.25) is 0 Å². The fourth-order valence-electron chi connectivity index (χ4n) is 2.56. The summed E-state index contributed by atoms with van der Waals surface area (Å²) in [5.41, 5.74) is 3.07. The van der Waals surface area contributed by atoms with Gasteiger partial charge in [-0.1, -0.05) is 24.3 Å². The highest BCUT2D eigenvalue weighted by atomic mass is 16.4. The summed E-state index contributed by atoms with van der Waals surface area (Å²) in [5.74, 6) is -0.127. The predicted molar refractivity (Wildman–Crippen MR) is 82.5 cm³/mol. The maximum Gasteiger partial charge on any atom is 0.335 e. The molecule has 0 atom stereocenters. The van der Waals surface area contributed by atoms with Crippen molar-refractivity contribution in [2.45, 2.75) is 19.9 Å². The van der Waals surface area contributed by atoms with Gasteiger partial charge in [0, 0.05) is 11.6 Å². The zero-order valence-corrected chi connectivity index (χ0v) is 11.9. The van der Waals surface area contributed by atoms with Crippen molar-refractivity contribution < 1.29 is 9.90 Å². The summed E-state index contributed by atoms with van der Waals surface area (Å²) in [6.07, 6.45) is 0. The number of rotatable bonds is 3. The summed E-state index contributed by atoms with van der Waals surface area (Å²) in [5, 5.41) is 9.15. The summed E-state index contributed by atoms with van der Waals surface area (Å²) >= 11 is 0. The zero-order valence-electron chi connectivity index (χ0n) is 11.9. The summed E-state index contributed by atoms with van der Waals surface area (Å²) < 4.78 is 2.14. The van der Waals surface area contributed by atoms with Gasteiger partial charge in [-0.25, -0.2) is 9.78 Å². The highest BCUT2D eigenvalue weighted by molar-refractivity contribution is 5.89. The van der Waals surface area contributed by atoms with Gasteiger partial charge in [0.05, 0.1) is 16.6 Å². The summed E-state index contributed by atoms with van der Waals surface area (Å²) in [7, 11) is 0. The SMILES string of the molecule is CC(C)n1c(-c2cccc(C(=O)O)c2)nc2ccccc21. The second-order valence-electron chi connectivity index (χ2n) is 5.27. The molecule has 0 saturated carbocycles. The third-order valence-corrected chi connectivity index (χ3v) is 3.48. The maximum absolute atomic E-state index is 11.1. The maximum atomic E-state index is 11.1. The van der Waals surface area contributed by atoms with Crippen molar-refractivity contribution in [2.24, 2.45) is 0 Å². The van der Waals surface area contributed by atoms with Crippen LogP contribution in [0.1, 0.15) is 30.2 Å². The number of carbonyl (C=O) groups is 1. The van der Waals surface area contributed by atoms with Crippen molar-refractivity contribution >= 4 is 17.0 Å². The lowest BCUT2D eigenvalue weighted by molar-refractivity contribution is 0.0697. The molecule has 0 saturated heterocycles. The minimum absolute atomic E-state index is 0.237. The van der Waals surface area contributed by atoms with Crippen molar-refractivity contribution in [1.29, 1.82) is 0 Å². The van der Waals surface area contributed by atoms with E-state index < -0.39 is 5.97 Å². The van der Waals surface area contributed by atoms with Gasteiger partial charge >= 0.3 is 5.97 Å². The van der Waals surface area contributed by atoms with Crippen molar-refractivity contribution in [3.63, 3.8) is 0 Å². The molecule has 2 aromatic carbocycles. The van der Waals surface area contributed by atoms with Gasteiger partial charge in [-0.2, -0.15) is 0 Å². The summed E-state index contributed by atoms with van der Waals surface area (Å²) in [6.45, 7) is 4.19. The first-order valence-electron chi connectivity index (χ1n) is 6.88. The quantitative estimate of drug-likeness (QED) is 0.789. The number of para-hydroxylation sites is 2. The van der Waals surface area contributed by atoms with E-state index in [2.05, 4.69) is 23.4 Å². The molecule has 4 heteroatoms. The molecule has 0 unspecified atom stereocenters. The molecular weight excluding hydrogens is 264 g/mol. The number of carboxylic acids is 1. The van der Waals surface area contributed by atoms with E-state index in [0.29, 0.717) is 0 Å².